The molecule has 1 aliphatic carbocycles. The van der Waals surface area contributed by atoms with E-state index in [-0.39, 0.29) is 11.2 Å². The van der Waals surface area contributed by atoms with Gasteiger partial charge in [-0.25, -0.2) is 9.18 Å². The minimum absolute atomic E-state index is 0.309. The van der Waals surface area contributed by atoms with E-state index in [2.05, 4.69) is 5.32 Å². The maximum atomic E-state index is 14.7. The van der Waals surface area contributed by atoms with Gasteiger partial charge in [-0.3, -0.25) is 0 Å². The summed E-state index contributed by atoms with van der Waals surface area (Å²) in [6.45, 7) is 5.86. The number of carboxylic acid groups (broad SMARTS) is 1. The van der Waals surface area contributed by atoms with Crippen molar-refractivity contribution in [1.82, 2.24) is 5.32 Å². The first-order chi connectivity index (χ1) is 11.2. The second-order valence-electron chi connectivity index (χ2n) is 7.04. The number of fused-ring (bicyclic) bond motifs is 1. The van der Waals surface area contributed by atoms with Gasteiger partial charge in [0.1, 0.15) is 5.82 Å². The predicted octanol–water partition coefficient (Wildman–Crippen LogP) is 5.35. The molecule has 0 radical (unpaired) electrons. The third-order valence-electron chi connectivity index (χ3n) is 4.72. The molecule has 0 unspecified atom stereocenters. The van der Waals surface area contributed by atoms with Crippen LogP contribution < -0.4 is 5.32 Å². The van der Waals surface area contributed by atoms with Gasteiger partial charge in [-0.15, -0.1) is 0 Å². The summed E-state index contributed by atoms with van der Waals surface area (Å²) >= 11 is 6.16. The molecule has 1 amide bonds. The van der Waals surface area contributed by atoms with E-state index in [1.165, 1.54) is 6.07 Å². The maximum absolute atomic E-state index is 14.7. The number of nitrogens with one attached hydrogen (secondary N) is 1. The third kappa shape index (κ3) is 2.86. The summed E-state index contributed by atoms with van der Waals surface area (Å²) in [5, 5.41) is 12.2. The standard InChI is InChI=1S/C19H19ClFNO2/c1-10-4-5-11(7-15(10)20)13-6-12-9-19(2,3)17(22-18(23)24)14(12)8-16(13)21/h4-8,17,22H,9H2,1-3H3,(H,23,24)/t17-/m0/s1. The molecule has 0 heterocycles. The molecule has 3 nitrogen and oxygen atoms in total. The van der Waals surface area contributed by atoms with Crippen molar-refractivity contribution in [3.63, 3.8) is 0 Å². The van der Waals surface area contributed by atoms with E-state index in [1.54, 1.807) is 6.07 Å². The van der Waals surface area contributed by atoms with Crippen LogP contribution in [0.3, 0.4) is 0 Å². The molecule has 2 aromatic rings. The minimum atomic E-state index is -1.10. The van der Waals surface area contributed by atoms with Crippen molar-refractivity contribution in [2.75, 3.05) is 0 Å². The summed E-state index contributed by atoms with van der Waals surface area (Å²) < 4.78 is 14.7. The van der Waals surface area contributed by atoms with Crippen LogP contribution in [-0.2, 0) is 6.42 Å². The van der Waals surface area contributed by atoms with Crippen molar-refractivity contribution < 1.29 is 14.3 Å². The lowest BCUT2D eigenvalue weighted by molar-refractivity contribution is 0.175. The zero-order valence-corrected chi connectivity index (χ0v) is 14.5. The topological polar surface area (TPSA) is 49.3 Å². The summed E-state index contributed by atoms with van der Waals surface area (Å²) in [4.78, 5) is 11.1. The van der Waals surface area contributed by atoms with Gasteiger partial charge in [0, 0.05) is 10.6 Å². The molecule has 5 heteroatoms. The van der Waals surface area contributed by atoms with Gasteiger partial charge in [0.05, 0.1) is 6.04 Å². The summed E-state index contributed by atoms with van der Waals surface area (Å²) in [6, 6.07) is 8.32. The van der Waals surface area contributed by atoms with Crippen LogP contribution in [-0.4, -0.2) is 11.2 Å². The number of hydrogen-bond donors (Lipinski definition) is 2. The number of amides is 1. The average Bonchev–Trinajstić information content (AvgIpc) is 2.71. The Hall–Kier alpha value is -2.07. The molecule has 24 heavy (non-hydrogen) atoms. The third-order valence-corrected chi connectivity index (χ3v) is 5.13. The fourth-order valence-electron chi connectivity index (χ4n) is 3.45. The predicted molar refractivity (Wildman–Crippen MR) is 93.0 cm³/mol. The van der Waals surface area contributed by atoms with Crippen LogP contribution in [0.15, 0.2) is 30.3 Å². The highest BCUT2D eigenvalue weighted by Gasteiger charge is 2.40. The molecule has 0 saturated heterocycles. The molecule has 0 bridgehead atoms. The molecular formula is C19H19ClFNO2. The van der Waals surface area contributed by atoms with Crippen molar-refractivity contribution in [1.29, 1.82) is 0 Å². The van der Waals surface area contributed by atoms with Crippen LogP contribution >= 0.6 is 11.6 Å². The van der Waals surface area contributed by atoms with Crippen molar-refractivity contribution in [2.24, 2.45) is 5.41 Å². The van der Waals surface area contributed by atoms with E-state index in [9.17, 15) is 9.18 Å². The van der Waals surface area contributed by atoms with Gasteiger partial charge in [0.2, 0.25) is 0 Å². The van der Waals surface area contributed by atoms with E-state index in [4.69, 9.17) is 16.7 Å². The van der Waals surface area contributed by atoms with Crippen molar-refractivity contribution in [3.05, 3.63) is 57.9 Å². The van der Waals surface area contributed by atoms with Crippen LogP contribution in [0.1, 0.15) is 36.6 Å². The quantitative estimate of drug-likeness (QED) is 0.769. The molecule has 0 aromatic heterocycles. The molecule has 2 aromatic carbocycles. The Morgan fingerprint density at radius 3 is 2.67 bits per heavy atom. The molecule has 2 N–H and O–H groups in total. The maximum Gasteiger partial charge on any atom is 0.405 e. The largest absolute Gasteiger partial charge is 0.465 e. The van der Waals surface area contributed by atoms with E-state index in [0.29, 0.717) is 22.6 Å². The van der Waals surface area contributed by atoms with Crippen LogP contribution in [0.2, 0.25) is 5.02 Å². The first kappa shape index (κ1) is 16.8. The van der Waals surface area contributed by atoms with E-state index in [1.807, 2.05) is 39.0 Å². The molecule has 126 valence electrons. The number of rotatable bonds is 2. The van der Waals surface area contributed by atoms with Gasteiger partial charge in [0.25, 0.3) is 0 Å². The Morgan fingerprint density at radius 1 is 1.33 bits per heavy atom. The Morgan fingerprint density at radius 2 is 2.04 bits per heavy atom. The highest BCUT2D eigenvalue weighted by Crippen LogP contribution is 2.46. The van der Waals surface area contributed by atoms with Crippen LogP contribution in [0.5, 0.6) is 0 Å². The fourth-order valence-corrected chi connectivity index (χ4v) is 3.63. The smallest absolute Gasteiger partial charge is 0.405 e. The van der Waals surface area contributed by atoms with Crippen LogP contribution in [0.25, 0.3) is 11.1 Å². The van der Waals surface area contributed by atoms with Gasteiger partial charge in [-0.05, 0) is 59.2 Å². The highest BCUT2D eigenvalue weighted by molar-refractivity contribution is 6.31. The average molecular weight is 348 g/mol. The van der Waals surface area contributed by atoms with E-state index >= 15 is 0 Å². The van der Waals surface area contributed by atoms with Gasteiger partial charge >= 0.3 is 6.09 Å². The number of halogens is 2. The summed E-state index contributed by atoms with van der Waals surface area (Å²) in [6.07, 6.45) is -0.420. The highest BCUT2D eigenvalue weighted by atomic mass is 35.5. The Balaban J connectivity index is 2.09. The monoisotopic (exact) mass is 347 g/mol. The van der Waals surface area contributed by atoms with Gasteiger partial charge in [-0.1, -0.05) is 37.6 Å². The summed E-state index contributed by atoms with van der Waals surface area (Å²) in [7, 11) is 0. The first-order valence-corrected chi connectivity index (χ1v) is 8.15. The van der Waals surface area contributed by atoms with Gasteiger partial charge in [0.15, 0.2) is 0 Å². The first-order valence-electron chi connectivity index (χ1n) is 7.77. The second kappa shape index (κ2) is 5.78. The Bertz CT molecular complexity index is 832. The number of benzene rings is 2. The van der Waals surface area contributed by atoms with Gasteiger partial charge in [-0.2, -0.15) is 0 Å². The number of carbonyl (C=O) groups is 1. The van der Waals surface area contributed by atoms with Crippen molar-refractivity contribution in [3.8, 4) is 11.1 Å². The zero-order valence-electron chi connectivity index (χ0n) is 13.8. The van der Waals surface area contributed by atoms with Gasteiger partial charge < -0.3 is 10.4 Å². The minimum Gasteiger partial charge on any atom is -0.465 e. The van der Waals surface area contributed by atoms with E-state index in [0.717, 1.165) is 16.7 Å². The zero-order chi connectivity index (χ0) is 17.6. The Labute approximate surface area is 145 Å². The van der Waals surface area contributed by atoms with E-state index < -0.39 is 12.1 Å². The summed E-state index contributed by atoms with van der Waals surface area (Å²) in [5.74, 6) is -0.372. The normalized spacial score (nSPS) is 18.3. The van der Waals surface area contributed by atoms with Crippen molar-refractivity contribution in [2.45, 2.75) is 33.2 Å². The second-order valence-corrected chi connectivity index (χ2v) is 7.45. The van der Waals surface area contributed by atoms with Crippen molar-refractivity contribution >= 4 is 17.7 Å². The molecule has 0 spiro atoms. The Kier molecular flexibility index (Phi) is 4.04. The molecule has 0 saturated carbocycles. The number of aryl methyl sites for hydroxylation is 1. The summed E-state index contributed by atoms with van der Waals surface area (Å²) in [5.41, 5.74) is 3.51. The van der Waals surface area contributed by atoms with Crippen LogP contribution in [0.4, 0.5) is 9.18 Å². The molecule has 0 aliphatic heterocycles. The molecule has 3 rings (SSSR count). The van der Waals surface area contributed by atoms with Crippen LogP contribution in [0, 0.1) is 18.2 Å². The SMILES string of the molecule is Cc1ccc(-c2cc3c(cc2F)[C@H](NC(=O)O)C(C)(C)C3)cc1Cl. The molecule has 1 aliphatic rings. The molecule has 0 fully saturated rings. The lowest BCUT2D eigenvalue weighted by Gasteiger charge is -2.27. The molecule has 1 atom stereocenters. The lowest BCUT2D eigenvalue weighted by atomic mass is 9.85. The number of hydrogen-bond acceptors (Lipinski definition) is 1. The molecular weight excluding hydrogens is 329 g/mol. The fraction of sp³-hybridized carbons (Fsp3) is 0.316. The lowest BCUT2D eigenvalue weighted by Crippen LogP contribution is -2.34.